The minimum atomic E-state index is 0.630. The van der Waals surface area contributed by atoms with Gasteiger partial charge in [0.05, 0.1) is 0 Å². The number of rotatable bonds is 5. The highest BCUT2D eigenvalue weighted by atomic mass is 32.2. The van der Waals surface area contributed by atoms with Crippen LogP contribution in [0.1, 0.15) is 29.9 Å². The summed E-state index contributed by atoms with van der Waals surface area (Å²) in [5.74, 6) is 1.90. The first-order valence-corrected chi connectivity index (χ1v) is 9.55. The Morgan fingerprint density at radius 1 is 1.17 bits per heavy atom. The van der Waals surface area contributed by atoms with E-state index in [1.54, 1.807) is 0 Å². The molecule has 0 amide bonds. The minimum Gasteiger partial charge on any atom is -0.356 e. The van der Waals surface area contributed by atoms with Crippen molar-refractivity contribution in [2.24, 2.45) is 5.73 Å². The van der Waals surface area contributed by atoms with Crippen LogP contribution in [0.2, 0.25) is 0 Å². The van der Waals surface area contributed by atoms with Gasteiger partial charge in [-0.25, -0.2) is 9.97 Å². The summed E-state index contributed by atoms with van der Waals surface area (Å²) in [5.41, 5.74) is 8.05. The first-order valence-electron chi connectivity index (χ1n) is 8.67. The van der Waals surface area contributed by atoms with Gasteiger partial charge in [0, 0.05) is 41.4 Å². The minimum absolute atomic E-state index is 0.630. The molecule has 0 spiro atoms. The summed E-state index contributed by atoms with van der Waals surface area (Å²) in [5, 5.41) is 0.689. The largest absolute Gasteiger partial charge is 0.356 e. The van der Waals surface area contributed by atoms with Crippen molar-refractivity contribution in [3.05, 3.63) is 47.4 Å². The fourth-order valence-electron chi connectivity index (χ4n) is 3.13. The van der Waals surface area contributed by atoms with E-state index in [0.29, 0.717) is 11.8 Å². The molecule has 128 valence electrons. The Morgan fingerprint density at radius 2 is 1.96 bits per heavy atom. The van der Waals surface area contributed by atoms with Crippen molar-refractivity contribution in [2.75, 3.05) is 24.5 Å². The number of nitrogens with two attached hydrogens (primary N) is 1. The van der Waals surface area contributed by atoms with Gasteiger partial charge in [0.15, 0.2) is 0 Å². The zero-order valence-corrected chi connectivity index (χ0v) is 15.4. The Kier molecular flexibility index (Phi) is 5.74. The molecule has 0 saturated carbocycles. The van der Waals surface area contributed by atoms with Gasteiger partial charge < -0.3 is 10.6 Å². The zero-order chi connectivity index (χ0) is 16.9. The van der Waals surface area contributed by atoms with Crippen LogP contribution in [-0.4, -0.2) is 34.9 Å². The van der Waals surface area contributed by atoms with Crippen LogP contribution in [-0.2, 0) is 6.42 Å². The number of aromatic nitrogens is 2. The van der Waals surface area contributed by atoms with E-state index in [-0.39, 0.29) is 0 Å². The normalized spacial score (nSPS) is 15.7. The fourth-order valence-corrected chi connectivity index (χ4v) is 4.38. The van der Waals surface area contributed by atoms with Gasteiger partial charge in [-0.15, -0.1) is 11.8 Å². The van der Waals surface area contributed by atoms with Crippen LogP contribution in [0, 0.1) is 13.8 Å². The second kappa shape index (κ2) is 7.99. The maximum absolute atomic E-state index is 5.66. The molecule has 2 aromatic rings. The summed E-state index contributed by atoms with van der Waals surface area (Å²) >= 11 is 2.01. The van der Waals surface area contributed by atoms with Crippen molar-refractivity contribution in [3.63, 3.8) is 0 Å². The smallest absolute Gasteiger partial charge is 0.132 e. The van der Waals surface area contributed by atoms with Crippen molar-refractivity contribution in [1.82, 2.24) is 9.97 Å². The summed E-state index contributed by atoms with van der Waals surface area (Å²) < 4.78 is 0. The number of thioether (sulfide) groups is 1. The molecule has 3 rings (SSSR count). The third kappa shape index (κ3) is 4.48. The molecule has 1 saturated heterocycles. The first kappa shape index (κ1) is 17.2. The summed E-state index contributed by atoms with van der Waals surface area (Å²) in [6.45, 7) is 6.86. The Hall–Kier alpha value is -1.59. The Balaban J connectivity index is 1.60. The van der Waals surface area contributed by atoms with Gasteiger partial charge in [-0.1, -0.05) is 17.7 Å². The molecule has 0 atom stereocenters. The van der Waals surface area contributed by atoms with E-state index in [0.717, 1.165) is 36.8 Å². The van der Waals surface area contributed by atoms with Gasteiger partial charge in [-0.3, -0.25) is 0 Å². The van der Waals surface area contributed by atoms with E-state index in [4.69, 9.17) is 5.73 Å². The van der Waals surface area contributed by atoms with Gasteiger partial charge in [0.25, 0.3) is 0 Å². The molecule has 24 heavy (non-hydrogen) atoms. The van der Waals surface area contributed by atoms with Crippen LogP contribution in [0.5, 0.6) is 0 Å². The number of benzene rings is 1. The molecule has 1 aromatic heterocycles. The standard InChI is InChI=1S/C19H26N4S/c1-14-4-3-5-18(12-14)24-17-7-10-23(11-8-17)19-13-16(6-9-20)21-15(2)22-19/h3-5,12-13,17H,6-11,20H2,1-2H3. The summed E-state index contributed by atoms with van der Waals surface area (Å²) in [7, 11) is 0. The van der Waals surface area contributed by atoms with E-state index in [9.17, 15) is 0 Å². The molecule has 0 aliphatic carbocycles. The molecule has 1 fully saturated rings. The van der Waals surface area contributed by atoms with Gasteiger partial charge >= 0.3 is 0 Å². The molecule has 1 aliphatic rings. The SMILES string of the molecule is Cc1cccc(SC2CCN(c3cc(CCN)nc(C)n3)CC2)c1. The van der Waals surface area contributed by atoms with Gasteiger partial charge in [0.1, 0.15) is 11.6 Å². The van der Waals surface area contributed by atoms with Crippen LogP contribution < -0.4 is 10.6 Å². The van der Waals surface area contributed by atoms with Crippen molar-refractivity contribution >= 4 is 17.6 Å². The van der Waals surface area contributed by atoms with E-state index >= 15 is 0 Å². The molecule has 5 heteroatoms. The highest BCUT2D eigenvalue weighted by Crippen LogP contribution is 2.32. The lowest BCUT2D eigenvalue weighted by molar-refractivity contribution is 0.584. The Labute approximate surface area is 148 Å². The Morgan fingerprint density at radius 3 is 2.67 bits per heavy atom. The highest BCUT2D eigenvalue weighted by Gasteiger charge is 2.21. The molecule has 1 aromatic carbocycles. The molecule has 1 aliphatic heterocycles. The van der Waals surface area contributed by atoms with Crippen LogP contribution in [0.25, 0.3) is 0 Å². The molecule has 0 unspecified atom stereocenters. The Bertz CT molecular complexity index is 681. The average Bonchev–Trinajstić information content (AvgIpc) is 2.55. The lowest BCUT2D eigenvalue weighted by atomic mass is 10.1. The number of anilines is 1. The highest BCUT2D eigenvalue weighted by molar-refractivity contribution is 8.00. The van der Waals surface area contributed by atoms with Crippen molar-refractivity contribution in [3.8, 4) is 0 Å². The van der Waals surface area contributed by atoms with Gasteiger partial charge in [-0.05, 0) is 45.4 Å². The lowest BCUT2D eigenvalue weighted by Gasteiger charge is -2.32. The zero-order valence-electron chi connectivity index (χ0n) is 14.5. The molecule has 2 heterocycles. The number of nitrogens with zero attached hydrogens (tertiary/aromatic N) is 3. The number of aryl methyl sites for hydroxylation is 2. The predicted molar refractivity (Wildman–Crippen MR) is 102 cm³/mol. The first-order chi connectivity index (χ1) is 11.6. The monoisotopic (exact) mass is 342 g/mol. The molecular weight excluding hydrogens is 316 g/mol. The number of hydrogen-bond donors (Lipinski definition) is 1. The predicted octanol–water partition coefficient (Wildman–Crippen LogP) is 3.36. The molecule has 2 N–H and O–H groups in total. The van der Waals surface area contributed by atoms with Crippen LogP contribution in [0.4, 0.5) is 5.82 Å². The maximum Gasteiger partial charge on any atom is 0.132 e. The topological polar surface area (TPSA) is 55.0 Å². The lowest BCUT2D eigenvalue weighted by Crippen LogP contribution is -2.35. The van der Waals surface area contributed by atoms with Crippen molar-refractivity contribution < 1.29 is 0 Å². The second-order valence-corrected chi connectivity index (χ2v) is 7.80. The summed E-state index contributed by atoms with van der Waals surface area (Å²) in [6, 6.07) is 10.9. The number of piperidine rings is 1. The van der Waals surface area contributed by atoms with Crippen LogP contribution in [0.15, 0.2) is 35.2 Å². The van der Waals surface area contributed by atoms with Crippen LogP contribution >= 0.6 is 11.8 Å². The fraction of sp³-hybridized carbons (Fsp3) is 0.474. The van der Waals surface area contributed by atoms with E-state index in [1.165, 1.54) is 23.3 Å². The third-order valence-electron chi connectivity index (χ3n) is 4.34. The molecule has 0 bridgehead atoms. The van der Waals surface area contributed by atoms with Crippen molar-refractivity contribution in [1.29, 1.82) is 0 Å². The molecular formula is C19H26N4S. The third-order valence-corrected chi connectivity index (χ3v) is 5.67. The maximum atomic E-state index is 5.66. The average molecular weight is 343 g/mol. The summed E-state index contributed by atoms with van der Waals surface area (Å²) in [4.78, 5) is 12.9. The molecule has 0 radical (unpaired) electrons. The van der Waals surface area contributed by atoms with E-state index in [1.807, 2.05) is 18.7 Å². The second-order valence-electron chi connectivity index (χ2n) is 6.42. The quantitative estimate of drug-likeness (QED) is 0.903. The summed E-state index contributed by atoms with van der Waals surface area (Å²) in [6.07, 6.45) is 3.19. The van der Waals surface area contributed by atoms with E-state index < -0.39 is 0 Å². The van der Waals surface area contributed by atoms with E-state index in [2.05, 4.69) is 52.1 Å². The molecule has 4 nitrogen and oxygen atoms in total. The van der Waals surface area contributed by atoms with Crippen molar-refractivity contribution in [2.45, 2.75) is 43.3 Å². The van der Waals surface area contributed by atoms with Gasteiger partial charge in [-0.2, -0.15) is 0 Å². The number of hydrogen-bond acceptors (Lipinski definition) is 5. The van der Waals surface area contributed by atoms with Gasteiger partial charge in [0.2, 0.25) is 0 Å². The van der Waals surface area contributed by atoms with Crippen LogP contribution in [0.3, 0.4) is 0 Å².